The fourth-order valence-corrected chi connectivity index (χ4v) is 4.69. The van der Waals surface area contributed by atoms with Crippen LogP contribution in [-0.4, -0.2) is 33.6 Å². The van der Waals surface area contributed by atoms with Crippen LogP contribution in [0.4, 0.5) is 11.4 Å². The van der Waals surface area contributed by atoms with Crippen molar-refractivity contribution in [1.82, 2.24) is 4.90 Å². The van der Waals surface area contributed by atoms with Crippen LogP contribution in [0.15, 0.2) is 54.6 Å². The molecule has 4 rings (SSSR count). The summed E-state index contributed by atoms with van der Waals surface area (Å²) in [6, 6.07) is 12.5. The number of imide groups is 1. The van der Waals surface area contributed by atoms with Gasteiger partial charge in [0.25, 0.3) is 17.5 Å². The van der Waals surface area contributed by atoms with E-state index in [2.05, 4.69) is 5.32 Å². The number of carbonyl (C=O) groups is 3. The number of halogens is 4. The highest BCUT2D eigenvalue weighted by Crippen LogP contribution is 2.45. The van der Waals surface area contributed by atoms with Crippen LogP contribution in [0.5, 0.6) is 0 Å². The quantitative estimate of drug-likeness (QED) is 0.131. The lowest BCUT2D eigenvalue weighted by atomic mass is 10.0. The van der Waals surface area contributed by atoms with Crippen molar-refractivity contribution in [2.24, 2.45) is 0 Å². The van der Waals surface area contributed by atoms with E-state index < -0.39 is 28.7 Å². The summed E-state index contributed by atoms with van der Waals surface area (Å²) in [7, 11) is 0. The summed E-state index contributed by atoms with van der Waals surface area (Å²) in [6.45, 7) is 0. The van der Waals surface area contributed by atoms with Crippen molar-refractivity contribution in [3.63, 3.8) is 0 Å². The lowest BCUT2D eigenvalue weighted by molar-refractivity contribution is -0.384. The molecule has 3 amide bonds. The van der Waals surface area contributed by atoms with Crippen LogP contribution in [0.2, 0.25) is 20.1 Å². The third-order valence-corrected chi connectivity index (χ3v) is 7.17. The van der Waals surface area contributed by atoms with Crippen LogP contribution in [-0.2, 0) is 11.2 Å². The van der Waals surface area contributed by atoms with Gasteiger partial charge in [-0.15, -0.1) is 0 Å². The lowest BCUT2D eigenvalue weighted by Gasteiger charge is -2.25. The first-order valence-electron chi connectivity index (χ1n) is 9.94. The molecule has 0 aliphatic carbocycles. The Morgan fingerprint density at radius 3 is 1.86 bits per heavy atom. The van der Waals surface area contributed by atoms with Gasteiger partial charge in [0.15, 0.2) is 0 Å². The predicted octanol–water partition coefficient (Wildman–Crippen LogP) is 6.05. The lowest BCUT2D eigenvalue weighted by Crippen LogP contribution is -2.48. The van der Waals surface area contributed by atoms with Gasteiger partial charge in [-0.25, -0.2) is 0 Å². The summed E-state index contributed by atoms with van der Waals surface area (Å²) in [4.78, 5) is 51.2. The second kappa shape index (κ2) is 9.83. The Kier molecular flexibility index (Phi) is 7.00. The van der Waals surface area contributed by atoms with E-state index in [1.165, 1.54) is 24.3 Å². The fourth-order valence-electron chi connectivity index (χ4n) is 3.68. The average molecular weight is 553 g/mol. The van der Waals surface area contributed by atoms with Gasteiger partial charge in [-0.05, 0) is 17.7 Å². The van der Waals surface area contributed by atoms with Gasteiger partial charge in [0, 0.05) is 24.2 Å². The molecule has 0 saturated heterocycles. The standard InChI is InChI=1S/C23H13Cl4N3O5/c24-17-15-16(18(25)20(27)19(17)26)23(33)29(22(15)32)14(10-11-4-2-1-3-5-11)21(31)28-12-6-8-13(9-7-12)30(34)35/h1-9,14H,10H2,(H,28,31). The van der Waals surface area contributed by atoms with E-state index in [0.717, 1.165) is 4.90 Å². The zero-order valence-electron chi connectivity index (χ0n) is 17.4. The molecule has 1 atom stereocenters. The highest BCUT2D eigenvalue weighted by Gasteiger charge is 2.46. The van der Waals surface area contributed by atoms with Crippen molar-refractivity contribution in [2.75, 3.05) is 5.32 Å². The third kappa shape index (κ3) is 4.58. The molecule has 12 heteroatoms. The molecular weight excluding hydrogens is 540 g/mol. The SMILES string of the molecule is O=C(Nc1ccc([N+](=O)[O-])cc1)C(Cc1ccccc1)N1C(=O)c2c(Cl)c(Cl)c(Cl)c(Cl)c2C1=O. The molecule has 178 valence electrons. The van der Waals surface area contributed by atoms with Gasteiger partial charge in [-0.3, -0.25) is 29.4 Å². The van der Waals surface area contributed by atoms with Crippen LogP contribution < -0.4 is 5.32 Å². The number of carbonyl (C=O) groups excluding carboxylic acids is 3. The topological polar surface area (TPSA) is 110 Å². The number of nitro groups is 1. The second-order valence-electron chi connectivity index (χ2n) is 7.48. The molecule has 0 bridgehead atoms. The molecule has 0 radical (unpaired) electrons. The van der Waals surface area contributed by atoms with Crippen LogP contribution in [0.1, 0.15) is 26.3 Å². The number of rotatable bonds is 6. The number of hydrogen-bond acceptors (Lipinski definition) is 5. The zero-order chi connectivity index (χ0) is 25.4. The monoisotopic (exact) mass is 551 g/mol. The molecule has 1 aliphatic heterocycles. The number of hydrogen-bond donors (Lipinski definition) is 1. The van der Waals surface area contributed by atoms with Crippen LogP contribution in [0, 0.1) is 10.1 Å². The number of anilines is 1. The molecule has 1 N–H and O–H groups in total. The Hall–Kier alpha value is -3.17. The summed E-state index contributed by atoms with van der Waals surface area (Å²) >= 11 is 24.6. The largest absolute Gasteiger partial charge is 0.324 e. The molecule has 1 unspecified atom stereocenters. The first-order chi connectivity index (χ1) is 16.6. The van der Waals surface area contributed by atoms with Gasteiger partial charge in [-0.2, -0.15) is 0 Å². The molecule has 1 aliphatic rings. The molecule has 35 heavy (non-hydrogen) atoms. The van der Waals surface area contributed by atoms with E-state index >= 15 is 0 Å². The normalized spacial score (nSPS) is 13.5. The van der Waals surface area contributed by atoms with E-state index in [1.54, 1.807) is 30.3 Å². The fraction of sp³-hybridized carbons (Fsp3) is 0.0870. The van der Waals surface area contributed by atoms with Crippen LogP contribution >= 0.6 is 46.4 Å². The molecule has 3 aromatic carbocycles. The second-order valence-corrected chi connectivity index (χ2v) is 9.00. The molecule has 0 aromatic heterocycles. The highest BCUT2D eigenvalue weighted by atomic mass is 35.5. The number of nitro benzene ring substituents is 1. The van der Waals surface area contributed by atoms with E-state index in [9.17, 15) is 24.5 Å². The summed E-state index contributed by atoms with van der Waals surface area (Å²) in [6.07, 6.45) is -0.0260. The minimum absolute atomic E-state index is 0.0260. The Bertz CT molecular complexity index is 1330. The predicted molar refractivity (Wildman–Crippen MR) is 133 cm³/mol. The highest BCUT2D eigenvalue weighted by molar-refractivity contribution is 6.55. The molecule has 0 spiro atoms. The molecule has 8 nitrogen and oxygen atoms in total. The van der Waals surface area contributed by atoms with E-state index in [4.69, 9.17) is 46.4 Å². The summed E-state index contributed by atoms with van der Waals surface area (Å²) < 4.78 is 0. The summed E-state index contributed by atoms with van der Waals surface area (Å²) in [5, 5.41) is 12.6. The van der Waals surface area contributed by atoms with E-state index in [1.807, 2.05) is 0 Å². The van der Waals surface area contributed by atoms with Crippen LogP contribution in [0.3, 0.4) is 0 Å². The van der Waals surface area contributed by atoms with Crippen molar-refractivity contribution in [3.05, 3.63) is 101 Å². The average Bonchev–Trinajstić information content (AvgIpc) is 3.10. The van der Waals surface area contributed by atoms with Crippen LogP contribution in [0.25, 0.3) is 0 Å². The van der Waals surface area contributed by atoms with Gasteiger partial charge in [0.2, 0.25) is 5.91 Å². The van der Waals surface area contributed by atoms with Crippen molar-refractivity contribution < 1.29 is 19.3 Å². The maximum absolute atomic E-state index is 13.4. The van der Waals surface area contributed by atoms with Gasteiger partial charge in [0.1, 0.15) is 6.04 Å². The van der Waals surface area contributed by atoms with E-state index in [-0.39, 0.29) is 49.0 Å². The van der Waals surface area contributed by atoms with Gasteiger partial charge in [-0.1, -0.05) is 76.7 Å². The van der Waals surface area contributed by atoms with Gasteiger partial charge < -0.3 is 5.32 Å². The number of nitrogens with one attached hydrogen (secondary N) is 1. The molecule has 3 aromatic rings. The molecule has 0 saturated carbocycles. The zero-order valence-corrected chi connectivity index (χ0v) is 20.5. The van der Waals surface area contributed by atoms with Gasteiger partial charge >= 0.3 is 0 Å². The Balaban J connectivity index is 1.74. The maximum atomic E-state index is 13.4. The van der Waals surface area contributed by atoms with Crippen molar-refractivity contribution >= 4 is 75.5 Å². The molecule has 1 heterocycles. The molecular formula is C23H13Cl4N3O5. The number of benzene rings is 3. The van der Waals surface area contributed by atoms with Crippen molar-refractivity contribution in [2.45, 2.75) is 12.5 Å². The van der Waals surface area contributed by atoms with E-state index in [0.29, 0.717) is 5.56 Å². The number of amides is 3. The summed E-state index contributed by atoms with van der Waals surface area (Å²) in [5.41, 5.74) is 0.260. The first-order valence-corrected chi connectivity index (χ1v) is 11.5. The number of fused-ring (bicyclic) bond motifs is 1. The molecule has 0 fully saturated rings. The number of nitrogens with zero attached hydrogens (tertiary/aromatic N) is 2. The smallest absolute Gasteiger partial charge is 0.269 e. The maximum Gasteiger partial charge on any atom is 0.269 e. The Labute approximate surface area is 218 Å². The Morgan fingerprint density at radius 1 is 0.857 bits per heavy atom. The minimum atomic E-state index is -1.32. The Morgan fingerprint density at radius 2 is 1.37 bits per heavy atom. The number of non-ortho nitro benzene ring substituents is 1. The summed E-state index contributed by atoms with van der Waals surface area (Å²) in [5.74, 6) is -2.41. The third-order valence-electron chi connectivity index (χ3n) is 5.36. The van der Waals surface area contributed by atoms with Crippen molar-refractivity contribution in [3.8, 4) is 0 Å². The first kappa shape index (κ1) is 24.9. The van der Waals surface area contributed by atoms with Crippen molar-refractivity contribution in [1.29, 1.82) is 0 Å². The van der Waals surface area contributed by atoms with Gasteiger partial charge in [0.05, 0.1) is 36.1 Å². The minimum Gasteiger partial charge on any atom is -0.324 e.